The molecule has 0 amide bonds. The molecule has 0 aliphatic carbocycles. The molecule has 3 N–H and O–H groups in total. The Morgan fingerprint density at radius 1 is 1.18 bits per heavy atom. The van der Waals surface area contributed by atoms with E-state index in [1.807, 2.05) is 12.3 Å². The number of rotatable bonds is 8. The molecule has 33 heavy (non-hydrogen) atoms. The summed E-state index contributed by atoms with van der Waals surface area (Å²) in [6.45, 7) is 7.26. The molecule has 3 aromatic rings. The van der Waals surface area contributed by atoms with Crippen LogP contribution in [-0.2, 0) is 10.0 Å². The van der Waals surface area contributed by atoms with E-state index >= 15 is 0 Å². The monoisotopic (exact) mass is 471 g/mol. The van der Waals surface area contributed by atoms with Crippen molar-refractivity contribution in [2.45, 2.75) is 37.5 Å². The summed E-state index contributed by atoms with van der Waals surface area (Å²) in [4.78, 5) is 5.11. The Kier molecular flexibility index (Phi) is 6.87. The second kappa shape index (κ2) is 9.66. The van der Waals surface area contributed by atoms with Crippen LogP contribution in [0, 0.1) is 5.92 Å². The van der Waals surface area contributed by atoms with Crippen LogP contribution >= 0.6 is 0 Å². The van der Waals surface area contributed by atoms with Gasteiger partial charge < -0.3 is 16.0 Å². The van der Waals surface area contributed by atoms with Gasteiger partial charge in [-0.3, -0.25) is 0 Å². The van der Waals surface area contributed by atoms with Gasteiger partial charge in [-0.25, -0.2) is 17.7 Å². The smallest absolute Gasteiger partial charge is 0.242 e. The largest absolute Gasteiger partial charge is 0.370 e. The quantitative estimate of drug-likeness (QED) is 0.463. The van der Waals surface area contributed by atoms with Crippen molar-refractivity contribution in [3.05, 3.63) is 42.1 Å². The highest BCUT2D eigenvalue weighted by atomic mass is 32.2. The lowest BCUT2D eigenvalue weighted by Gasteiger charge is -2.23. The van der Waals surface area contributed by atoms with Crippen LogP contribution in [0.3, 0.4) is 0 Å². The summed E-state index contributed by atoms with van der Waals surface area (Å²) in [5.74, 6) is 2.49. The van der Waals surface area contributed by atoms with Gasteiger partial charge >= 0.3 is 0 Å². The van der Waals surface area contributed by atoms with Gasteiger partial charge in [-0.2, -0.15) is 9.61 Å². The number of sulfonamides is 1. The van der Waals surface area contributed by atoms with Crippen LogP contribution in [0.4, 0.5) is 17.3 Å². The fraction of sp³-hybridized carbons (Fsp3) is 0.478. The summed E-state index contributed by atoms with van der Waals surface area (Å²) >= 11 is 0. The third-order valence-electron chi connectivity index (χ3n) is 6.06. The summed E-state index contributed by atoms with van der Waals surface area (Å²) in [5, 5.41) is 14.9. The summed E-state index contributed by atoms with van der Waals surface area (Å²) in [7, 11) is -0.418. The molecule has 0 radical (unpaired) electrons. The van der Waals surface area contributed by atoms with Gasteiger partial charge in [0, 0.05) is 38.0 Å². The molecule has 1 fully saturated rings. The van der Waals surface area contributed by atoms with Crippen molar-refractivity contribution in [3.8, 4) is 0 Å². The topological polar surface area (TPSA) is 104 Å². The number of hydrogen-bond acceptors (Lipinski definition) is 7. The molecule has 0 atom stereocenters. The van der Waals surface area contributed by atoms with Gasteiger partial charge in [0.25, 0.3) is 0 Å². The Balaban J connectivity index is 1.62. The highest BCUT2D eigenvalue weighted by molar-refractivity contribution is 7.89. The lowest BCUT2D eigenvalue weighted by atomic mass is 9.98. The van der Waals surface area contributed by atoms with Crippen molar-refractivity contribution in [1.82, 2.24) is 24.2 Å². The fourth-order valence-corrected chi connectivity index (χ4v) is 4.87. The highest BCUT2D eigenvalue weighted by Crippen LogP contribution is 2.27. The highest BCUT2D eigenvalue weighted by Gasteiger charge is 2.18. The van der Waals surface area contributed by atoms with Crippen molar-refractivity contribution < 1.29 is 8.42 Å². The zero-order chi connectivity index (χ0) is 23.6. The van der Waals surface area contributed by atoms with Gasteiger partial charge in [0.2, 0.25) is 10.0 Å². The van der Waals surface area contributed by atoms with Gasteiger partial charge in [0.05, 0.1) is 11.1 Å². The Morgan fingerprint density at radius 3 is 2.52 bits per heavy atom. The predicted octanol–water partition coefficient (Wildman–Crippen LogP) is 3.26. The molecular formula is C23H33N7O2S. The first-order valence-electron chi connectivity index (χ1n) is 11.4. The number of benzene rings is 1. The SMILES string of the molecule is CC(C)c1cnn2c(Nc3ccc(S(=O)(=O)N(C)C)cc3)cc(NCC3CCNCC3)nc12. The molecule has 1 aliphatic rings. The second-order valence-electron chi connectivity index (χ2n) is 9.03. The van der Waals surface area contributed by atoms with E-state index in [4.69, 9.17) is 4.98 Å². The molecular weight excluding hydrogens is 438 g/mol. The van der Waals surface area contributed by atoms with Gasteiger partial charge in [-0.1, -0.05) is 13.8 Å². The van der Waals surface area contributed by atoms with Crippen molar-refractivity contribution in [2.75, 3.05) is 44.4 Å². The molecule has 10 heteroatoms. The molecule has 0 spiro atoms. The summed E-state index contributed by atoms with van der Waals surface area (Å²) in [6, 6.07) is 8.69. The zero-order valence-electron chi connectivity index (χ0n) is 19.7. The standard InChI is InChI=1S/C23H33N7O2S/c1-16(2)20-15-26-30-22(27-18-5-7-19(8-6-18)33(31,32)29(3)4)13-21(28-23(20)30)25-14-17-9-11-24-12-10-17/h5-8,13,15-17,24,27H,9-12,14H2,1-4H3,(H,25,28). The Labute approximate surface area is 195 Å². The molecule has 1 aromatic carbocycles. The van der Waals surface area contributed by atoms with Crippen LogP contribution in [0.15, 0.2) is 41.4 Å². The molecule has 2 aromatic heterocycles. The van der Waals surface area contributed by atoms with Crippen molar-refractivity contribution in [3.63, 3.8) is 0 Å². The molecule has 0 unspecified atom stereocenters. The van der Waals surface area contributed by atoms with E-state index in [-0.39, 0.29) is 10.8 Å². The molecule has 0 bridgehead atoms. The second-order valence-corrected chi connectivity index (χ2v) is 11.2. The Morgan fingerprint density at radius 2 is 1.88 bits per heavy atom. The number of nitrogens with one attached hydrogen (secondary N) is 3. The number of fused-ring (bicyclic) bond motifs is 1. The van der Waals surface area contributed by atoms with Crippen LogP contribution in [0.2, 0.25) is 0 Å². The molecule has 9 nitrogen and oxygen atoms in total. The van der Waals surface area contributed by atoms with E-state index in [0.717, 1.165) is 61.0 Å². The van der Waals surface area contributed by atoms with Crippen LogP contribution < -0.4 is 16.0 Å². The van der Waals surface area contributed by atoms with Crippen LogP contribution in [-0.4, -0.2) is 61.1 Å². The Bertz CT molecular complexity index is 1200. The minimum atomic E-state index is -3.47. The minimum Gasteiger partial charge on any atom is -0.370 e. The first-order valence-corrected chi connectivity index (χ1v) is 12.8. The maximum atomic E-state index is 12.4. The van der Waals surface area contributed by atoms with Crippen molar-refractivity contribution in [2.24, 2.45) is 5.92 Å². The van der Waals surface area contributed by atoms with Crippen LogP contribution in [0.1, 0.15) is 38.2 Å². The number of piperidine rings is 1. The van der Waals surface area contributed by atoms with Gasteiger partial charge in [-0.15, -0.1) is 0 Å². The van der Waals surface area contributed by atoms with Crippen LogP contribution in [0.25, 0.3) is 5.65 Å². The molecule has 178 valence electrons. The number of hydrogen-bond donors (Lipinski definition) is 3. The van der Waals surface area contributed by atoms with Crippen molar-refractivity contribution >= 4 is 33.0 Å². The molecule has 0 saturated carbocycles. The average Bonchev–Trinajstić information content (AvgIpc) is 3.23. The van der Waals surface area contributed by atoms with E-state index in [9.17, 15) is 8.42 Å². The minimum absolute atomic E-state index is 0.253. The summed E-state index contributed by atoms with van der Waals surface area (Å²) < 4.78 is 27.7. The van der Waals surface area contributed by atoms with E-state index in [2.05, 4.69) is 34.9 Å². The van der Waals surface area contributed by atoms with E-state index in [1.165, 1.54) is 18.4 Å². The molecule has 1 aliphatic heterocycles. The third kappa shape index (κ3) is 5.13. The predicted molar refractivity (Wildman–Crippen MR) is 132 cm³/mol. The van der Waals surface area contributed by atoms with Gasteiger partial charge in [-0.05, 0) is 62.0 Å². The third-order valence-corrected chi connectivity index (χ3v) is 7.89. The van der Waals surface area contributed by atoms with Crippen molar-refractivity contribution in [1.29, 1.82) is 0 Å². The first kappa shape index (κ1) is 23.5. The molecule has 3 heterocycles. The fourth-order valence-electron chi connectivity index (χ4n) is 3.97. The van der Waals surface area contributed by atoms with E-state index in [1.54, 1.807) is 28.8 Å². The molecule has 1 saturated heterocycles. The van der Waals surface area contributed by atoms with E-state index < -0.39 is 10.0 Å². The first-order chi connectivity index (χ1) is 15.8. The lowest BCUT2D eigenvalue weighted by molar-refractivity contribution is 0.389. The van der Waals surface area contributed by atoms with Gasteiger partial charge in [0.1, 0.15) is 11.6 Å². The summed E-state index contributed by atoms with van der Waals surface area (Å²) in [5.41, 5.74) is 2.66. The number of aromatic nitrogens is 3. The summed E-state index contributed by atoms with van der Waals surface area (Å²) in [6.07, 6.45) is 4.18. The number of anilines is 3. The molecule has 4 rings (SSSR count). The lowest BCUT2D eigenvalue weighted by Crippen LogP contribution is -2.31. The van der Waals surface area contributed by atoms with Crippen LogP contribution in [0.5, 0.6) is 0 Å². The maximum absolute atomic E-state index is 12.4. The Hall–Kier alpha value is -2.69. The van der Waals surface area contributed by atoms with Gasteiger partial charge in [0.15, 0.2) is 5.65 Å². The maximum Gasteiger partial charge on any atom is 0.242 e. The normalized spacial score (nSPS) is 15.5. The van der Waals surface area contributed by atoms with E-state index in [0.29, 0.717) is 5.92 Å². The number of nitrogens with zero attached hydrogens (tertiary/aromatic N) is 4. The zero-order valence-corrected chi connectivity index (χ0v) is 20.5. The average molecular weight is 472 g/mol.